The van der Waals surface area contributed by atoms with Crippen LogP contribution in [0.4, 0.5) is 0 Å². The van der Waals surface area contributed by atoms with Crippen LogP contribution < -0.4 is 4.74 Å². The third-order valence-electron chi connectivity index (χ3n) is 3.96. The van der Waals surface area contributed by atoms with Crippen molar-refractivity contribution in [2.24, 2.45) is 0 Å². The van der Waals surface area contributed by atoms with E-state index in [2.05, 4.69) is 16.3 Å². The topological polar surface area (TPSA) is 63.7 Å². The number of halogens is 1. The highest BCUT2D eigenvalue weighted by atomic mass is 35.5. The first-order valence-electron chi connectivity index (χ1n) is 8.58. The molecule has 0 aliphatic heterocycles. The standard InChI is InChI=1S/C20H19ClN4OS/c1-26-18-7-5-6-15(14-18)19-23-24-20(27-13-4-2-3-12-22)25(19)17-10-8-16(21)9-11-17/h5-11,14H,2-4,13H2,1H3. The van der Waals surface area contributed by atoms with E-state index in [9.17, 15) is 0 Å². The fourth-order valence-electron chi connectivity index (χ4n) is 2.61. The lowest BCUT2D eigenvalue weighted by atomic mass is 10.2. The van der Waals surface area contributed by atoms with E-state index in [1.807, 2.05) is 53.1 Å². The molecule has 0 unspecified atom stereocenters. The first-order valence-corrected chi connectivity index (χ1v) is 9.95. The molecule has 2 aromatic carbocycles. The lowest BCUT2D eigenvalue weighted by Gasteiger charge is -2.11. The maximum atomic E-state index is 8.67. The molecular formula is C20H19ClN4OS. The van der Waals surface area contributed by atoms with Gasteiger partial charge in [0.2, 0.25) is 0 Å². The quantitative estimate of drug-likeness (QED) is 0.376. The lowest BCUT2D eigenvalue weighted by Crippen LogP contribution is -2.00. The largest absolute Gasteiger partial charge is 0.497 e. The van der Waals surface area contributed by atoms with E-state index >= 15 is 0 Å². The van der Waals surface area contributed by atoms with Crippen molar-refractivity contribution in [3.8, 4) is 28.9 Å². The summed E-state index contributed by atoms with van der Waals surface area (Å²) in [6.45, 7) is 0. The highest BCUT2D eigenvalue weighted by Crippen LogP contribution is 2.30. The number of unbranched alkanes of at least 4 members (excludes halogenated alkanes) is 2. The van der Waals surface area contributed by atoms with Crippen LogP contribution in [-0.4, -0.2) is 27.6 Å². The van der Waals surface area contributed by atoms with E-state index < -0.39 is 0 Å². The minimum Gasteiger partial charge on any atom is -0.497 e. The van der Waals surface area contributed by atoms with Crippen molar-refractivity contribution in [3.05, 3.63) is 53.6 Å². The maximum Gasteiger partial charge on any atom is 0.196 e. The van der Waals surface area contributed by atoms with Crippen molar-refractivity contribution in [2.45, 2.75) is 24.4 Å². The van der Waals surface area contributed by atoms with Gasteiger partial charge in [0.05, 0.1) is 13.2 Å². The van der Waals surface area contributed by atoms with Gasteiger partial charge in [0.25, 0.3) is 0 Å². The van der Waals surface area contributed by atoms with Crippen LogP contribution in [0.2, 0.25) is 5.02 Å². The van der Waals surface area contributed by atoms with Crippen molar-refractivity contribution in [3.63, 3.8) is 0 Å². The molecule has 0 fully saturated rings. The van der Waals surface area contributed by atoms with Crippen LogP contribution in [0.5, 0.6) is 5.75 Å². The smallest absolute Gasteiger partial charge is 0.196 e. The van der Waals surface area contributed by atoms with Crippen molar-refractivity contribution in [1.29, 1.82) is 5.26 Å². The number of ether oxygens (including phenoxy) is 1. The SMILES string of the molecule is COc1cccc(-c2nnc(SCCCCC#N)n2-c2ccc(Cl)cc2)c1. The molecule has 0 bridgehead atoms. The van der Waals surface area contributed by atoms with Gasteiger partial charge >= 0.3 is 0 Å². The molecule has 1 heterocycles. The van der Waals surface area contributed by atoms with E-state index in [-0.39, 0.29) is 0 Å². The molecule has 0 N–H and O–H groups in total. The van der Waals surface area contributed by atoms with Gasteiger partial charge < -0.3 is 4.74 Å². The minimum atomic E-state index is 0.583. The second-order valence-corrected chi connectivity index (χ2v) is 7.31. The summed E-state index contributed by atoms with van der Waals surface area (Å²) in [5.74, 6) is 2.39. The Morgan fingerprint density at radius 2 is 1.96 bits per heavy atom. The second kappa shape index (κ2) is 9.45. The van der Waals surface area contributed by atoms with Gasteiger partial charge in [-0.1, -0.05) is 35.5 Å². The van der Waals surface area contributed by atoms with Gasteiger partial charge in [0.15, 0.2) is 11.0 Å². The summed E-state index contributed by atoms with van der Waals surface area (Å²) in [6, 6.07) is 17.6. The molecule has 138 valence electrons. The Morgan fingerprint density at radius 3 is 2.70 bits per heavy atom. The number of hydrogen-bond donors (Lipinski definition) is 0. The summed E-state index contributed by atoms with van der Waals surface area (Å²) in [6.07, 6.45) is 2.43. The number of nitrogens with zero attached hydrogens (tertiary/aromatic N) is 4. The van der Waals surface area contributed by atoms with E-state index in [0.717, 1.165) is 46.6 Å². The number of thioether (sulfide) groups is 1. The third kappa shape index (κ3) is 4.82. The van der Waals surface area contributed by atoms with E-state index in [1.165, 1.54) is 0 Å². The van der Waals surface area contributed by atoms with Gasteiger partial charge in [-0.2, -0.15) is 5.26 Å². The molecule has 7 heteroatoms. The Balaban J connectivity index is 1.95. The average molecular weight is 399 g/mol. The van der Waals surface area contributed by atoms with Gasteiger partial charge in [-0.3, -0.25) is 4.57 Å². The summed E-state index contributed by atoms with van der Waals surface area (Å²) >= 11 is 7.69. The first-order chi connectivity index (χ1) is 13.2. The Morgan fingerprint density at radius 1 is 1.15 bits per heavy atom. The molecule has 0 atom stereocenters. The molecule has 27 heavy (non-hydrogen) atoms. The van der Waals surface area contributed by atoms with Gasteiger partial charge in [0, 0.05) is 28.4 Å². The fraction of sp³-hybridized carbons (Fsp3) is 0.250. The van der Waals surface area contributed by atoms with Gasteiger partial charge in [-0.15, -0.1) is 10.2 Å². The van der Waals surface area contributed by atoms with Crippen molar-refractivity contribution >= 4 is 23.4 Å². The predicted molar refractivity (Wildman–Crippen MR) is 109 cm³/mol. The highest BCUT2D eigenvalue weighted by Gasteiger charge is 2.16. The zero-order chi connectivity index (χ0) is 19.1. The van der Waals surface area contributed by atoms with Crippen LogP contribution in [-0.2, 0) is 0 Å². The summed E-state index contributed by atoms with van der Waals surface area (Å²) in [4.78, 5) is 0. The fourth-order valence-corrected chi connectivity index (χ4v) is 3.68. The highest BCUT2D eigenvalue weighted by molar-refractivity contribution is 7.99. The molecule has 0 saturated heterocycles. The first kappa shape index (κ1) is 19.3. The number of methoxy groups -OCH3 is 1. The summed E-state index contributed by atoms with van der Waals surface area (Å²) in [7, 11) is 1.64. The van der Waals surface area contributed by atoms with Crippen LogP contribution in [0.25, 0.3) is 17.1 Å². The zero-order valence-corrected chi connectivity index (χ0v) is 16.5. The number of rotatable bonds is 8. The minimum absolute atomic E-state index is 0.583. The Bertz CT molecular complexity index is 934. The number of nitriles is 1. The van der Waals surface area contributed by atoms with Gasteiger partial charge in [-0.05, 0) is 49.2 Å². The van der Waals surface area contributed by atoms with Crippen LogP contribution in [0.3, 0.4) is 0 Å². The maximum absolute atomic E-state index is 8.67. The van der Waals surface area contributed by atoms with Crippen LogP contribution in [0.1, 0.15) is 19.3 Å². The molecular weight excluding hydrogens is 380 g/mol. The molecule has 3 rings (SSSR count). The normalized spacial score (nSPS) is 10.6. The van der Waals surface area contributed by atoms with Crippen LogP contribution in [0.15, 0.2) is 53.7 Å². The molecule has 0 aliphatic rings. The molecule has 0 spiro atoms. The van der Waals surface area contributed by atoms with E-state index in [4.69, 9.17) is 21.6 Å². The molecule has 0 amide bonds. The van der Waals surface area contributed by atoms with E-state index in [0.29, 0.717) is 11.4 Å². The van der Waals surface area contributed by atoms with Crippen molar-refractivity contribution in [2.75, 3.05) is 12.9 Å². The van der Waals surface area contributed by atoms with Crippen molar-refractivity contribution in [1.82, 2.24) is 14.8 Å². The zero-order valence-electron chi connectivity index (χ0n) is 14.9. The molecule has 1 aromatic heterocycles. The van der Waals surface area contributed by atoms with Crippen molar-refractivity contribution < 1.29 is 4.74 Å². The average Bonchev–Trinajstić information content (AvgIpc) is 3.12. The van der Waals surface area contributed by atoms with Crippen LogP contribution >= 0.6 is 23.4 Å². The van der Waals surface area contributed by atoms with Gasteiger partial charge in [0.1, 0.15) is 5.75 Å². The lowest BCUT2D eigenvalue weighted by molar-refractivity contribution is 0.415. The molecule has 3 aromatic rings. The third-order valence-corrected chi connectivity index (χ3v) is 5.23. The second-order valence-electron chi connectivity index (χ2n) is 5.81. The Labute approximate surface area is 167 Å². The number of aromatic nitrogens is 3. The summed E-state index contributed by atoms with van der Waals surface area (Å²) in [5.41, 5.74) is 1.87. The molecule has 0 radical (unpaired) electrons. The van der Waals surface area contributed by atoms with Gasteiger partial charge in [-0.25, -0.2) is 0 Å². The molecule has 0 saturated carbocycles. The predicted octanol–water partition coefficient (Wildman–Crippen LogP) is 5.38. The summed E-state index contributed by atoms with van der Waals surface area (Å²) in [5, 5.41) is 19.0. The Kier molecular flexibility index (Phi) is 6.74. The monoisotopic (exact) mass is 398 g/mol. The molecule has 5 nitrogen and oxygen atoms in total. The number of hydrogen-bond acceptors (Lipinski definition) is 5. The summed E-state index contributed by atoms with van der Waals surface area (Å²) < 4.78 is 7.37. The number of benzene rings is 2. The molecule has 0 aliphatic carbocycles. The van der Waals surface area contributed by atoms with E-state index in [1.54, 1.807) is 18.9 Å². The van der Waals surface area contributed by atoms with Crippen LogP contribution in [0, 0.1) is 11.3 Å². The Hall–Kier alpha value is -2.49.